The van der Waals surface area contributed by atoms with Crippen molar-refractivity contribution in [3.05, 3.63) is 17.5 Å². The minimum atomic E-state index is 0.701. The Kier molecular flexibility index (Phi) is 4.49. The Bertz CT molecular complexity index is 320. The monoisotopic (exact) mass is 209 g/mol. The van der Waals surface area contributed by atoms with E-state index < -0.39 is 0 Å². The first-order valence-electron chi connectivity index (χ1n) is 5.41. The maximum absolute atomic E-state index is 10.8. The predicted octanol–water partition coefficient (Wildman–Crippen LogP) is 1.46. The lowest BCUT2D eigenvalue weighted by Crippen LogP contribution is -2.24. The van der Waals surface area contributed by atoms with Gasteiger partial charge < -0.3 is 0 Å². The summed E-state index contributed by atoms with van der Waals surface area (Å²) < 4.78 is 1.69. The maximum Gasteiger partial charge on any atom is 0.153 e. The molecule has 0 saturated carbocycles. The highest BCUT2D eigenvalue weighted by atomic mass is 16.1. The van der Waals surface area contributed by atoms with E-state index in [4.69, 9.17) is 0 Å². The fourth-order valence-electron chi connectivity index (χ4n) is 1.65. The SMILES string of the molecule is CCCN(CC)Cc1nn(C)cc1C=O. The molecule has 0 N–H and O–H groups in total. The Hall–Kier alpha value is -1.16. The molecule has 0 spiro atoms. The lowest BCUT2D eigenvalue weighted by Gasteiger charge is -2.18. The van der Waals surface area contributed by atoms with Crippen molar-refractivity contribution in [2.75, 3.05) is 13.1 Å². The molecule has 0 fully saturated rings. The van der Waals surface area contributed by atoms with Crippen LogP contribution in [0.1, 0.15) is 36.3 Å². The van der Waals surface area contributed by atoms with Crippen molar-refractivity contribution in [2.45, 2.75) is 26.8 Å². The topological polar surface area (TPSA) is 38.1 Å². The van der Waals surface area contributed by atoms with E-state index in [0.29, 0.717) is 5.56 Å². The van der Waals surface area contributed by atoms with Crippen LogP contribution in [-0.2, 0) is 13.6 Å². The molecule has 1 aromatic rings. The van der Waals surface area contributed by atoms with Crippen LogP contribution in [0.4, 0.5) is 0 Å². The quantitative estimate of drug-likeness (QED) is 0.666. The molecule has 4 nitrogen and oxygen atoms in total. The highest BCUT2D eigenvalue weighted by molar-refractivity contribution is 5.75. The molecule has 0 bridgehead atoms. The van der Waals surface area contributed by atoms with Gasteiger partial charge in [0.15, 0.2) is 6.29 Å². The second kappa shape index (κ2) is 5.66. The molecule has 84 valence electrons. The molecule has 1 rings (SSSR count). The minimum absolute atomic E-state index is 0.701. The molecule has 4 heteroatoms. The fourth-order valence-corrected chi connectivity index (χ4v) is 1.65. The van der Waals surface area contributed by atoms with E-state index in [2.05, 4.69) is 23.8 Å². The van der Waals surface area contributed by atoms with Crippen molar-refractivity contribution in [3.63, 3.8) is 0 Å². The molecule has 1 heterocycles. The van der Waals surface area contributed by atoms with Gasteiger partial charge in [-0.3, -0.25) is 14.4 Å². The van der Waals surface area contributed by atoms with Gasteiger partial charge >= 0.3 is 0 Å². The average Bonchev–Trinajstić information content (AvgIpc) is 2.58. The van der Waals surface area contributed by atoms with Gasteiger partial charge in [-0.25, -0.2) is 0 Å². The summed E-state index contributed by atoms with van der Waals surface area (Å²) in [5.74, 6) is 0. The summed E-state index contributed by atoms with van der Waals surface area (Å²) >= 11 is 0. The van der Waals surface area contributed by atoms with Gasteiger partial charge in [-0.05, 0) is 19.5 Å². The van der Waals surface area contributed by atoms with Crippen molar-refractivity contribution in [1.82, 2.24) is 14.7 Å². The number of hydrogen-bond donors (Lipinski definition) is 0. The third-order valence-electron chi connectivity index (χ3n) is 2.42. The highest BCUT2D eigenvalue weighted by Gasteiger charge is 2.10. The average molecular weight is 209 g/mol. The maximum atomic E-state index is 10.8. The fraction of sp³-hybridized carbons (Fsp3) is 0.636. The van der Waals surface area contributed by atoms with Crippen LogP contribution in [0.2, 0.25) is 0 Å². The Balaban J connectivity index is 2.72. The van der Waals surface area contributed by atoms with Gasteiger partial charge in [0.1, 0.15) is 0 Å². The van der Waals surface area contributed by atoms with Crippen molar-refractivity contribution in [3.8, 4) is 0 Å². The van der Waals surface area contributed by atoms with Gasteiger partial charge in [-0.2, -0.15) is 5.10 Å². The van der Waals surface area contributed by atoms with E-state index in [-0.39, 0.29) is 0 Å². The Morgan fingerprint density at radius 2 is 2.27 bits per heavy atom. The summed E-state index contributed by atoms with van der Waals surface area (Å²) in [5, 5.41) is 4.30. The second-order valence-corrected chi connectivity index (χ2v) is 3.69. The molecule has 0 aliphatic rings. The smallest absolute Gasteiger partial charge is 0.153 e. The van der Waals surface area contributed by atoms with Crippen molar-refractivity contribution >= 4 is 6.29 Å². The number of nitrogens with zero attached hydrogens (tertiary/aromatic N) is 3. The zero-order valence-electron chi connectivity index (χ0n) is 9.73. The molecule has 0 unspecified atom stereocenters. The summed E-state index contributed by atoms with van der Waals surface area (Å²) in [6.07, 6.45) is 3.77. The first-order valence-corrected chi connectivity index (χ1v) is 5.41. The number of aldehydes is 1. The van der Waals surface area contributed by atoms with Gasteiger partial charge in [0.25, 0.3) is 0 Å². The molecule has 0 aliphatic carbocycles. The molecule has 0 atom stereocenters. The van der Waals surface area contributed by atoms with Gasteiger partial charge in [0.05, 0.1) is 11.3 Å². The van der Waals surface area contributed by atoms with E-state index in [0.717, 1.165) is 38.0 Å². The number of rotatable bonds is 6. The number of aromatic nitrogens is 2. The molecule has 0 saturated heterocycles. The number of carbonyl (C=O) groups is 1. The van der Waals surface area contributed by atoms with Crippen LogP contribution in [0.25, 0.3) is 0 Å². The van der Waals surface area contributed by atoms with Crippen molar-refractivity contribution < 1.29 is 4.79 Å². The van der Waals surface area contributed by atoms with E-state index >= 15 is 0 Å². The van der Waals surface area contributed by atoms with Crippen LogP contribution >= 0.6 is 0 Å². The third kappa shape index (κ3) is 3.16. The summed E-state index contributed by atoms with van der Waals surface area (Å²) in [6, 6.07) is 0. The van der Waals surface area contributed by atoms with Gasteiger partial charge in [-0.1, -0.05) is 13.8 Å². The molecule has 0 aliphatic heterocycles. The first-order chi connectivity index (χ1) is 7.21. The van der Waals surface area contributed by atoms with Crippen molar-refractivity contribution in [1.29, 1.82) is 0 Å². The number of hydrogen-bond acceptors (Lipinski definition) is 3. The molecule has 0 aromatic carbocycles. The van der Waals surface area contributed by atoms with Crippen LogP contribution in [-0.4, -0.2) is 34.1 Å². The third-order valence-corrected chi connectivity index (χ3v) is 2.42. The molecule has 15 heavy (non-hydrogen) atoms. The molecule has 0 amide bonds. The lowest BCUT2D eigenvalue weighted by molar-refractivity contribution is 0.112. The molecular weight excluding hydrogens is 190 g/mol. The largest absolute Gasteiger partial charge is 0.298 e. The summed E-state index contributed by atoms with van der Waals surface area (Å²) in [7, 11) is 1.84. The Labute approximate surface area is 90.9 Å². The van der Waals surface area contributed by atoms with Crippen LogP contribution in [0.5, 0.6) is 0 Å². The van der Waals surface area contributed by atoms with Crippen LogP contribution in [0.3, 0.4) is 0 Å². The molecular formula is C11H19N3O. The predicted molar refractivity (Wildman–Crippen MR) is 59.8 cm³/mol. The zero-order valence-corrected chi connectivity index (χ0v) is 9.73. The van der Waals surface area contributed by atoms with E-state index in [1.165, 1.54) is 0 Å². The summed E-state index contributed by atoms with van der Waals surface area (Å²) in [6.45, 7) is 7.08. The summed E-state index contributed by atoms with van der Waals surface area (Å²) in [5.41, 5.74) is 1.58. The molecule has 1 aromatic heterocycles. The molecule has 0 radical (unpaired) electrons. The van der Waals surface area contributed by atoms with Gasteiger partial charge in [0, 0.05) is 19.8 Å². The second-order valence-electron chi connectivity index (χ2n) is 3.69. The van der Waals surface area contributed by atoms with E-state index in [9.17, 15) is 4.79 Å². The van der Waals surface area contributed by atoms with Crippen LogP contribution in [0, 0.1) is 0 Å². The Morgan fingerprint density at radius 3 is 2.80 bits per heavy atom. The van der Waals surface area contributed by atoms with Gasteiger partial charge in [0.2, 0.25) is 0 Å². The van der Waals surface area contributed by atoms with E-state index in [1.54, 1.807) is 10.9 Å². The van der Waals surface area contributed by atoms with E-state index in [1.807, 2.05) is 7.05 Å². The van der Waals surface area contributed by atoms with Crippen LogP contribution in [0.15, 0.2) is 6.20 Å². The van der Waals surface area contributed by atoms with Crippen molar-refractivity contribution in [2.24, 2.45) is 7.05 Å². The normalized spacial score (nSPS) is 10.9. The zero-order chi connectivity index (χ0) is 11.3. The lowest BCUT2D eigenvalue weighted by atomic mass is 10.2. The highest BCUT2D eigenvalue weighted by Crippen LogP contribution is 2.07. The van der Waals surface area contributed by atoms with Crippen LogP contribution < -0.4 is 0 Å². The van der Waals surface area contributed by atoms with Gasteiger partial charge in [-0.15, -0.1) is 0 Å². The minimum Gasteiger partial charge on any atom is -0.298 e. The standard InChI is InChI=1S/C11H19N3O/c1-4-6-14(5-2)8-11-10(9-15)7-13(3)12-11/h7,9H,4-6,8H2,1-3H3. The number of aryl methyl sites for hydroxylation is 1. The first kappa shape index (κ1) is 11.9. The Morgan fingerprint density at radius 1 is 1.53 bits per heavy atom. The summed E-state index contributed by atoms with van der Waals surface area (Å²) in [4.78, 5) is 13.1. The number of carbonyl (C=O) groups excluding carboxylic acids is 1.